The van der Waals surface area contributed by atoms with Crippen molar-refractivity contribution in [2.24, 2.45) is 0 Å². The van der Waals surface area contributed by atoms with E-state index in [0.717, 1.165) is 54.2 Å². The van der Waals surface area contributed by atoms with Gasteiger partial charge in [0.2, 0.25) is 0 Å². The number of thiophene rings is 1. The number of ether oxygens (including phenoxy) is 1. The van der Waals surface area contributed by atoms with Crippen molar-refractivity contribution in [2.75, 3.05) is 43.1 Å². The zero-order valence-corrected chi connectivity index (χ0v) is 16.8. The van der Waals surface area contributed by atoms with Crippen molar-refractivity contribution in [3.05, 3.63) is 11.1 Å². The van der Waals surface area contributed by atoms with Gasteiger partial charge in [-0.3, -0.25) is 4.90 Å². The molecule has 1 atom stereocenters. The Bertz CT molecular complexity index is 1010. The number of morpholine rings is 1. The van der Waals surface area contributed by atoms with Crippen LogP contribution in [0.4, 0.5) is 11.6 Å². The van der Waals surface area contributed by atoms with Crippen LogP contribution >= 0.6 is 11.3 Å². The molecule has 0 amide bonds. The highest BCUT2D eigenvalue weighted by Crippen LogP contribution is 2.40. The topological polar surface area (TPSA) is 97.5 Å². The molecule has 5 rings (SSSR count). The van der Waals surface area contributed by atoms with Gasteiger partial charge in [-0.15, -0.1) is 10.2 Å². The first kappa shape index (κ1) is 18.0. The van der Waals surface area contributed by atoms with Crippen LogP contribution in [0.3, 0.4) is 0 Å². The molecule has 3 aromatic rings. The molecule has 0 unspecified atom stereocenters. The number of H-pyrrole nitrogens is 1. The zero-order chi connectivity index (χ0) is 19.1. The fourth-order valence-electron chi connectivity index (χ4n) is 4.25. The molecule has 28 heavy (non-hydrogen) atoms. The van der Waals surface area contributed by atoms with Crippen LogP contribution in [0.5, 0.6) is 0 Å². The minimum absolute atomic E-state index is 0.433. The standard InChI is InChI=1S/C19H24N6O2S/c1-11(26)10-20-17-16-15(22-24-23-17)14-12-4-2-3-5-13(12)18(21-19(14)28-16)25-6-8-27-9-7-25/h11,26H,2-10H2,1H3,(H,20,22,23)/p+1/t11-/m1/s1. The van der Waals surface area contributed by atoms with Crippen molar-refractivity contribution in [1.82, 2.24) is 15.4 Å². The monoisotopic (exact) mass is 401 g/mol. The molecule has 3 N–H and O–H groups in total. The lowest BCUT2D eigenvalue weighted by Gasteiger charge is -2.25. The second-order valence-electron chi connectivity index (χ2n) is 7.59. The molecular weight excluding hydrogens is 376 g/mol. The number of pyridine rings is 1. The maximum atomic E-state index is 9.62. The van der Waals surface area contributed by atoms with Gasteiger partial charge in [0.25, 0.3) is 5.82 Å². The number of aryl methyl sites for hydroxylation is 1. The molecule has 1 saturated heterocycles. The number of nitrogens with one attached hydrogen (secondary N) is 2. The van der Waals surface area contributed by atoms with E-state index >= 15 is 0 Å². The van der Waals surface area contributed by atoms with Crippen LogP contribution < -0.4 is 15.2 Å². The Morgan fingerprint density at radius 2 is 2.00 bits per heavy atom. The number of aromatic nitrogens is 4. The molecule has 0 bridgehead atoms. The van der Waals surface area contributed by atoms with Gasteiger partial charge in [0.15, 0.2) is 10.6 Å². The number of rotatable bonds is 4. The van der Waals surface area contributed by atoms with Gasteiger partial charge in [-0.2, -0.15) is 0 Å². The summed E-state index contributed by atoms with van der Waals surface area (Å²) in [6, 6.07) is 0. The molecule has 0 spiro atoms. The fraction of sp³-hybridized carbons (Fsp3) is 0.579. The van der Waals surface area contributed by atoms with Gasteiger partial charge < -0.3 is 15.2 Å². The summed E-state index contributed by atoms with van der Waals surface area (Å²) in [7, 11) is 0. The van der Waals surface area contributed by atoms with Crippen molar-refractivity contribution in [3.63, 3.8) is 0 Å². The van der Waals surface area contributed by atoms with Crippen molar-refractivity contribution in [3.8, 4) is 0 Å². The molecule has 2 aliphatic rings. The largest absolute Gasteiger partial charge is 0.392 e. The molecule has 1 aliphatic heterocycles. The number of nitrogens with zero attached hydrogens (tertiary/aromatic N) is 4. The van der Waals surface area contributed by atoms with Crippen molar-refractivity contribution < 1.29 is 14.8 Å². The van der Waals surface area contributed by atoms with Gasteiger partial charge in [-0.25, -0.2) is 4.98 Å². The first-order valence-corrected chi connectivity index (χ1v) is 10.8. The molecule has 1 aliphatic carbocycles. The summed E-state index contributed by atoms with van der Waals surface area (Å²) >= 11 is 1.67. The lowest BCUT2D eigenvalue weighted by atomic mass is 9.90. The van der Waals surface area contributed by atoms with E-state index in [1.165, 1.54) is 35.2 Å². The normalized spacial score (nSPS) is 18.4. The molecule has 0 radical (unpaired) electrons. The lowest BCUT2D eigenvalue weighted by molar-refractivity contribution is -0.328. The van der Waals surface area contributed by atoms with E-state index in [1.54, 1.807) is 18.3 Å². The summed E-state index contributed by atoms with van der Waals surface area (Å²) in [5, 5.41) is 26.6. The Morgan fingerprint density at radius 1 is 1.21 bits per heavy atom. The minimum atomic E-state index is -0.452. The second kappa shape index (κ2) is 7.38. The summed E-state index contributed by atoms with van der Waals surface area (Å²) < 4.78 is 6.55. The SMILES string of the molecule is C[C@@H](O)CNc1nnnc2c1sc1[nH+]c(N3CCOCC3)c3c(c12)CCCC3. The van der Waals surface area contributed by atoms with Crippen molar-refractivity contribution >= 4 is 43.4 Å². The van der Waals surface area contributed by atoms with Gasteiger partial charge in [0.1, 0.15) is 23.3 Å². The summed E-state index contributed by atoms with van der Waals surface area (Å²) in [5.41, 5.74) is 3.75. The highest BCUT2D eigenvalue weighted by Gasteiger charge is 2.30. The van der Waals surface area contributed by atoms with E-state index in [-0.39, 0.29) is 0 Å². The van der Waals surface area contributed by atoms with Crippen LogP contribution in [-0.4, -0.2) is 59.5 Å². The summed E-state index contributed by atoms with van der Waals surface area (Å²) in [5.74, 6) is 1.94. The minimum Gasteiger partial charge on any atom is -0.392 e. The van der Waals surface area contributed by atoms with E-state index in [4.69, 9.17) is 4.74 Å². The van der Waals surface area contributed by atoms with E-state index in [1.807, 2.05) is 0 Å². The quantitative estimate of drug-likeness (QED) is 0.685. The Balaban J connectivity index is 1.70. The Labute approximate surface area is 166 Å². The third kappa shape index (κ3) is 3.07. The van der Waals surface area contributed by atoms with Gasteiger partial charge in [0, 0.05) is 12.1 Å². The molecule has 8 nitrogen and oxygen atoms in total. The van der Waals surface area contributed by atoms with Gasteiger partial charge in [0.05, 0.1) is 24.7 Å². The summed E-state index contributed by atoms with van der Waals surface area (Å²) in [6.07, 6.45) is 4.14. The molecule has 3 aromatic heterocycles. The molecule has 148 valence electrons. The average molecular weight is 402 g/mol. The number of fused-ring (bicyclic) bond motifs is 5. The number of aliphatic hydroxyl groups is 1. The highest BCUT2D eigenvalue weighted by atomic mass is 32.1. The van der Waals surface area contributed by atoms with E-state index < -0.39 is 6.10 Å². The third-order valence-corrected chi connectivity index (χ3v) is 6.67. The van der Waals surface area contributed by atoms with Crippen LogP contribution in [0.2, 0.25) is 0 Å². The van der Waals surface area contributed by atoms with Crippen LogP contribution in [0.1, 0.15) is 30.9 Å². The van der Waals surface area contributed by atoms with Gasteiger partial charge in [-0.1, -0.05) is 11.3 Å². The molecule has 0 saturated carbocycles. The maximum Gasteiger partial charge on any atom is 0.279 e. The molecule has 4 heterocycles. The summed E-state index contributed by atoms with van der Waals surface area (Å²) in [4.78, 5) is 7.27. The fourth-order valence-corrected chi connectivity index (χ4v) is 5.37. The smallest absolute Gasteiger partial charge is 0.279 e. The van der Waals surface area contributed by atoms with Gasteiger partial charge >= 0.3 is 0 Å². The summed E-state index contributed by atoms with van der Waals surface area (Å²) in [6.45, 7) is 5.57. The van der Waals surface area contributed by atoms with Crippen LogP contribution in [0, 0.1) is 0 Å². The predicted octanol–water partition coefficient (Wildman–Crippen LogP) is 1.56. The number of anilines is 2. The van der Waals surface area contributed by atoms with Gasteiger partial charge in [-0.05, 0) is 43.4 Å². The molecule has 9 heteroatoms. The van der Waals surface area contributed by atoms with Crippen LogP contribution in [0.15, 0.2) is 0 Å². The Hall–Kier alpha value is -2.10. The Morgan fingerprint density at radius 3 is 2.79 bits per heavy atom. The number of aromatic amines is 1. The first-order valence-electron chi connectivity index (χ1n) is 9.99. The molecule has 0 aromatic carbocycles. The Kier molecular flexibility index (Phi) is 4.73. The number of hydrogen-bond acceptors (Lipinski definition) is 8. The van der Waals surface area contributed by atoms with E-state index in [0.29, 0.717) is 12.4 Å². The van der Waals surface area contributed by atoms with Crippen molar-refractivity contribution in [2.45, 2.75) is 38.7 Å². The molecule has 1 fully saturated rings. The lowest BCUT2D eigenvalue weighted by Crippen LogP contribution is -2.40. The van der Waals surface area contributed by atoms with E-state index in [2.05, 4.69) is 30.6 Å². The predicted molar refractivity (Wildman–Crippen MR) is 109 cm³/mol. The highest BCUT2D eigenvalue weighted by molar-refractivity contribution is 7.25. The first-order chi connectivity index (χ1) is 13.7. The number of hydrogen-bond donors (Lipinski definition) is 2. The number of aliphatic hydroxyl groups excluding tert-OH is 1. The average Bonchev–Trinajstić information content (AvgIpc) is 3.11. The van der Waals surface area contributed by atoms with Crippen molar-refractivity contribution in [1.29, 1.82) is 0 Å². The maximum absolute atomic E-state index is 9.62. The zero-order valence-electron chi connectivity index (χ0n) is 16.0. The van der Waals surface area contributed by atoms with Crippen LogP contribution in [-0.2, 0) is 17.6 Å². The van der Waals surface area contributed by atoms with E-state index in [9.17, 15) is 5.11 Å². The van der Waals surface area contributed by atoms with Crippen LogP contribution in [0.25, 0.3) is 20.4 Å². The molecular formula is C19H25N6O2S+. The third-order valence-electron chi connectivity index (χ3n) is 5.57. The second-order valence-corrected chi connectivity index (χ2v) is 8.61.